The van der Waals surface area contributed by atoms with Crippen molar-refractivity contribution < 1.29 is 4.74 Å². The lowest BCUT2D eigenvalue weighted by molar-refractivity contribution is 0.0848. The number of aryl methyl sites for hydroxylation is 1. The maximum Gasteiger partial charge on any atom is 0.0589 e. The van der Waals surface area contributed by atoms with Crippen molar-refractivity contribution >= 4 is 0 Å². The van der Waals surface area contributed by atoms with Gasteiger partial charge in [0.15, 0.2) is 0 Å². The first-order valence-corrected chi connectivity index (χ1v) is 6.77. The summed E-state index contributed by atoms with van der Waals surface area (Å²) in [6.45, 7) is 4.99. The smallest absolute Gasteiger partial charge is 0.0589 e. The molecule has 2 atom stereocenters. The van der Waals surface area contributed by atoms with Crippen molar-refractivity contribution in [2.45, 2.75) is 31.8 Å². The van der Waals surface area contributed by atoms with Gasteiger partial charge >= 0.3 is 0 Å². The van der Waals surface area contributed by atoms with Crippen LogP contribution in [0.25, 0.3) is 0 Å². The zero-order chi connectivity index (χ0) is 13.0. The van der Waals surface area contributed by atoms with E-state index in [9.17, 15) is 0 Å². The summed E-state index contributed by atoms with van der Waals surface area (Å²) in [5.41, 5.74) is 8.99. The zero-order valence-electron chi connectivity index (χ0n) is 11.4. The molecule has 1 saturated heterocycles. The van der Waals surface area contributed by atoms with Gasteiger partial charge in [0.1, 0.15) is 0 Å². The number of nitrogens with two attached hydrogens (primary N) is 1. The Kier molecular flexibility index (Phi) is 4.75. The Balaban J connectivity index is 2.18. The normalized spacial score (nSPS) is 25.3. The van der Waals surface area contributed by atoms with Gasteiger partial charge in [0.2, 0.25) is 0 Å². The highest BCUT2D eigenvalue weighted by molar-refractivity contribution is 5.26. The second-order valence-electron chi connectivity index (χ2n) is 5.19. The van der Waals surface area contributed by atoms with Crippen LogP contribution in [0.5, 0.6) is 0 Å². The standard InChI is InChI=1S/C15H24N2O/c1-12-5-3-6-13(11-12)15-14(16)7-4-8-17(15)9-10-18-2/h3,5-6,11,14-15H,4,7-10,16H2,1-2H3. The molecule has 1 aliphatic heterocycles. The molecule has 0 spiro atoms. The van der Waals surface area contributed by atoms with Gasteiger partial charge < -0.3 is 10.5 Å². The SMILES string of the molecule is COCCN1CCCC(N)C1c1cccc(C)c1. The van der Waals surface area contributed by atoms with Gasteiger partial charge in [-0.25, -0.2) is 0 Å². The van der Waals surface area contributed by atoms with Crippen molar-refractivity contribution in [3.63, 3.8) is 0 Å². The Morgan fingerprint density at radius 2 is 2.28 bits per heavy atom. The Morgan fingerprint density at radius 1 is 1.44 bits per heavy atom. The predicted octanol–water partition coefficient (Wildman–Crippen LogP) is 2.11. The van der Waals surface area contributed by atoms with Crippen LogP contribution in [0.15, 0.2) is 24.3 Å². The quantitative estimate of drug-likeness (QED) is 0.887. The number of hydrogen-bond donors (Lipinski definition) is 1. The van der Waals surface area contributed by atoms with Crippen LogP contribution in [0.2, 0.25) is 0 Å². The fraction of sp³-hybridized carbons (Fsp3) is 0.600. The summed E-state index contributed by atoms with van der Waals surface area (Å²) in [5.74, 6) is 0. The number of ether oxygens (including phenoxy) is 1. The van der Waals surface area contributed by atoms with E-state index in [-0.39, 0.29) is 6.04 Å². The van der Waals surface area contributed by atoms with E-state index in [4.69, 9.17) is 10.5 Å². The number of rotatable bonds is 4. The van der Waals surface area contributed by atoms with Crippen molar-refractivity contribution in [1.82, 2.24) is 4.90 Å². The molecular formula is C15H24N2O. The minimum atomic E-state index is 0.234. The van der Waals surface area contributed by atoms with E-state index >= 15 is 0 Å². The molecule has 0 amide bonds. The molecule has 0 aromatic heterocycles. The topological polar surface area (TPSA) is 38.5 Å². The van der Waals surface area contributed by atoms with E-state index in [0.717, 1.165) is 26.1 Å². The van der Waals surface area contributed by atoms with Crippen LogP contribution in [0.3, 0.4) is 0 Å². The van der Waals surface area contributed by atoms with Crippen LogP contribution in [0.4, 0.5) is 0 Å². The first kappa shape index (κ1) is 13.5. The lowest BCUT2D eigenvalue weighted by Gasteiger charge is -2.40. The van der Waals surface area contributed by atoms with E-state index < -0.39 is 0 Å². The highest BCUT2D eigenvalue weighted by Crippen LogP contribution is 2.30. The van der Waals surface area contributed by atoms with Crippen molar-refractivity contribution in [2.75, 3.05) is 26.8 Å². The van der Waals surface area contributed by atoms with Crippen molar-refractivity contribution in [1.29, 1.82) is 0 Å². The van der Waals surface area contributed by atoms with Crippen LogP contribution in [-0.4, -0.2) is 37.7 Å². The zero-order valence-corrected chi connectivity index (χ0v) is 11.4. The van der Waals surface area contributed by atoms with Gasteiger partial charge in [-0.3, -0.25) is 4.90 Å². The van der Waals surface area contributed by atoms with E-state index in [1.807, 2.05) is 0 Å². The molecule has 1 aromatic rings. The highest BCUT2D eigenvalue weighted by atomic mass is 16.5. The van der Waals surface area contributed by atoms with Gasteiger partial charge in [-0.2, -0.15) is 0 Å². The summed E-state index contributed by atoms with van der Waals surface area (Å²) in [4.78, 5) is 2.46. The molecule has 0 aliphatic carbocycles. The number of benzene rings is 1. The Morgan fingerprint density at radius 3 is 3.00 bits per heavy atom. The second-order valence-corrected chi connectivity index (χ2v) is 5.19. The summed E-state index contributed by atoms with van der Waals surface area (Å²) < 4.78 is 5.21. The molecule has 3 nitrogen and oxygen atoms in total. The van der Waals surface area contributed by atoms with E-state index in [2.05, 4.69) is 36.1 Å². The molecule has 3 heteroatoms. The molecule has 1 fully saturated rings. The van der Waals surface area contributed by atoms with Crippen LogP contribution in [0.1, 0.15) is 30.0 Å². The Hall–Kier alpha value is -0.900. The first-order valence-electron chi connectivity index (χ1n) is 6.77. The lowest BCUT2D eigenvalue weighted by atomic mass is 9.90. The molecule has 1 aliphatic rings. The molecule has 2 unspecified atom stereocenters. The third kappa shape index (κ3) is 3.10. The second kappa shape index (κ2) is 6.32. The first-order chi connectivity index (χ1) is 8.72. The molecule has 0 radical (unpaired) electrons. The molecule has 2 rings (SSSR count). The molecule has 0 saturated carbocycles. The Bertz CT molecular complexity index is 381. The number of hydrogen-bond acceptors (Lipinski definition) is 3. The molecular weight excluding hydrogens is 224 g/mol. The average molecular weight is 248 g/mol. The summed E-state index contributed by atoms with van der Waals surface area (Å²) >= 11 is 0. The van der Waals surface area contributed by atoms with Gasteiger partial charge in [-0.1, -0.05) is 29.8 Å². The number of methoxy groups -OCH3 is 1. The average Bonchev–Trinajstić information content (AvgIpc) is 2.36. The highest BCUT2D eigenvalue weighted by Gasteiger charge is 2.29. The largest absolute Gasteiger partial charge is 0.383 e. The molecule has 2 N–H and O–H groups in total. The Labute approximate surface area is 110 Å². The summed E-state index contributed by atoms with van der Waals surface area (Å²) in [6.07, 6.45) is 2.30. The predicted molar refractivity (Wildman–Crippen MR) is 74.6 cm³/mol. The van der Waals surface area contributed by atoms with Crippen molar-refractivity contribution in [2.24, 2.45) is 5.73 Å². The van der Waals surface area contributed by atoms with E-state index in [1.54, 1.807) is 7.11 Å². The van der Waals surface area contributed by atoms with E-state index in [0.29, 0.717) is 6.04 Å². The molecule has 0 bridgehead atoms. The number of nitrogens with zero attached hydrogens (tertiary/aromatic N) is 1. The summed E-state index contributed by atoms with van der Waals surface area (Å²) in [6, 6.07) is 9.29. The number of piperidine rings is 1. The van der Waals surface area contributed by atoms with Gasteiger partial charge in [-0.05, 0) is 31.9 Å². The van der Waals surface area contributed by atoms with Gasteiger partial charge in [0, 0.05) is 25.7 Å². The fourth-order valence-corrected chi connectivity index (χ4v) is 2.87. The van der Waals surface area contributed by atoms with Gasteiger partial charge in [-0.15, -0.1) is 0 Å². The maximum atomic E-state index is 6.34. The molecule has 1 aromatic carbocycles. The van der Waals surface area contributed by atoms with Crippen molar-refractivity contribution in [3.8, 4) is 0 Å². The van der Waals surface area contributed by atoms with E-state index in [1.165, 1.54) is 17.5 Å². The number of likely N-dealkylation sites (tertiary alicyclic amines) is 1. The third-order valence-electron chi connectivity index (χ3n) is 3.75. The molecule has 1 heterocycles. The summed E-state index contributed by atoms with van der Waals surface area (Å²) in [7, 11) is 1.76. The lowest BCUT2D eigenvalue weighted by Crippen LogP contribution is -2.46. The molecule has 100 valence electrons. The minimum absolute atomic E-state index is 0.234. The summed E-state index contributed by atoms with van der Waals surface area (Å²) in [5, 5.41) is 0. The fourth-order valence-electron chi connectivity index (χ4n) is 2.87. The monoisotopic (exact) mass is 248 g/mol. The van der Waals surface area contributed by atoms with Gasteiger partial charge in [0.05, 0.1) is 6.61 Å². The maximum absolute atomic E-state index is 6.34. The van der Waals surface area contributed by atoms with Crippen LogP contribution >= 0.6 is 0 Å². The van der Waals surface area contributed by atoms with Crippen LogP contribution < -0.4 is 5.73 Å². The van der Waals surface area contributed by atoms with Crippen LogP contribution in [0, 0.1) is 6.92 Å². The van der Waals surface area contributed by atoms with Crippen LogP contribution in [-0.2, 0) is 4.74 Å². The third-order valence-corrected chi connectivity index (χ3v) is 3.75. The van der Waals surface area contributed by atoms with Gasteiger partial charge in [0.25, 0.3) is 0 Å². The molecule has 18 heavy (non-hydrogen) atoms. The minimum Gasteiger partial charge on any atom is -0.383 e. The van der Waals surface area contributed by atoms with Crippen molar-refractivity contribution in [3.05, 3.63) is 35.4 Å².